The van der Waals surface area contributed by atoms with Crippen LogP contribution in [0, 0.1) is 5.82 Å². The van der Waals surface area contributed by atoms with Crippen molar-refractivity contribution in [2.45, 2.75) is 55.2 Å². The van der Waals surface area contributed by atoms with Crippen LogP contribution in [0.1, 0.15) is 20.3 Å². The van der Waals surface area contributed by atoms with E-state index in [0.717, 1.165) is 24.1 Å². The molecule has 7 atom stereocenters. The van der Waals surface area contributed by atoms with E-state index in [1.807, 2.05) is 0 Å². The van der Waals surface area contributed by atoms with Crippen molar-refractivity contribution in [3.63, 3.8) is 0 Å². The van der Waals surface area contributed by atoms with Crippen LogP contribution in [0.2, 0.25) is 0 Å². The zero-order valence-corrected chi connectivity index (χ0v) is 23.8. The van der Waals surface area contributed by atoms with Crippen molar-refractivity contribution in [2.24, 2.45) is 5.11 Å². The monoisotopic (exact) mass is 636 g/mol. The second-order valence-corrected chi connectivity index (χ2v) is 12.0. The molecule has 3 rings (SSSR count). The molecule has 0 bridgehead atoms. The van der Waals surface area contributed by atoms with Crippen molar-refractivity contribution in [3.05, 3.63) is 40.5 Å². The number of urea groups is 1. The van der Waals surface area contributed by atoms with E-state index in [1.165, 1.54) is 33.1 Å². The summed E-state index contributed by atoms with van der Waals surface area (Å²) >= 11 is 3.28. The topological polar surface area (TPSA) is 190 Å². The molecule has 2 N–H and O–H groups in total. The lowest BCUT2D eigenvalue weighted by Gasteiger charge is -2.44. The predicted octanol–water partition coefficient (Wildman–Crippen LogP) is 2.95. The van der Waals surface area contributed by atoms with E-state index in [2.05, 4.69) is 41.1 Å². The number of nitrogens with one attached hydrogen (secondary N) is 2. The van der Waals surface area contributed by atoms with Gasteiger partial charge in [0, 0.05) is 18.4 Å². The van der Waals surface area contributed by atoms with E-state index in [4.69, 9.17) is 24.1 Å². The molecule has 1 aromatic rings. The van der Waals surface area contributed by atoms with Gasteiger partial charge in [0.05, 0.1) is 25.9 Å². The number of ether oxygens (including phenoxy) is 3. The number of hydrogen-bond donors (Lipinski definition) is 2. The first-order valence-electron chi connectivity index (χ1n) is 11.5. The minimum atomic E-state index is -4.35. The smallest absolute Gasteiger partial charge is 0.459 e. The number of rotatable bonds is 11. The second-order valence-electron chi connectivity index (χ2n) is 8.68. The van der Waals surface area contributed by atoms with Crippen molar-refractivity contribution < 1.29 is 46.6 Å². The van der Waals surface area contributed by atoms with Crippen LogP contribution < -0.4 is 14.9 Å². The summed E-state index contributed by atoms with van der Waals surface area (Å²) in [7, 11) is -1.90. The van der Waals surface area contributed by atoms with Crippen LogP contribution in [0.3, 0.4) is 0 Å². The Hall–Kier alpha value is -2.78. The lowest BCUT2D eigenvalue weighted by Crippen LogP contribution is -2.69. The highest BCUT2D eigenvalue weighted by Crippen LogP contribution is 2.46. The van der Waals surface area contributed by atoms with Gasteiger partial charge >= 0.3 is 19.7 Å². The molecule has 0 radical (unpaired) electrons. The molecule has 3 unspecified atom stereocenters. The zero-order chi connectivity index (χ0) is 29.0. The van der Waals surface area contributed by atoms with Gasteiger partial charge in [-0.3, -0.25) is 24.3 Å². The molecule has 0 aromatic heterocycles. The fourth-order valence-corrected chi connectivity index (χ4v) is 5.98. The third-order valence-electron chi connectivity index (χ3n) is 5.91. The Balaban J connectivity index is 1.82. The van der Waals surface area contributed by atoms with Crippen molar-refractivity contribution in [1.82, 2.24) is 15.3 Å². The Morgan fingerprint density at radius 3 is 2.67 bits per heavy atom. The van der Waals surface area contributed by atoms with Gasteiger partial charge in [-0.05, 0) is 43.6 Å². The number of halogens is 2. The molecule has 39 heavy (non-hydrogen) atoms. The minimum absolute atomic E-state index is 0.0161. The summed E-state index contributed by atoms with van der Waals surface area (Å²) in [5.41, 5.74) is 9.08. The van der Waals surface area contributed by atoms with Gasteiger partial charge in [0.2, 0.25) is 5.91 Å². The van der Waals surface area contributed by atoms with Gasteiger partial charge in [0.1, 0.15) is 28.2 Å². The first kappa shape index (κ1) is 30.8. The van der Waals surface area contributed by atoms with Gasteiger partial charge < -0.3 is 18.7 Å². The first-order valence-corrected chi connectivity index (χ1v) is 13.8. The number of methoxy groups -OCH3 is 2. The fourth-order valence-electron chi connectivity index (χ4n) is 3.97. The number of imide groups is 1. The average Bonchev–Trinajstić information content (AvgIpc) is 3.28. The standard InChI is InChI=1S/C21H27BrFN6O9P/c1-11(17(30)34-3)27-39(33,38-13-7-5-12(23)6-8-13)36-10-15-14(26-28-24)9-16(37-15)29-19(35-4)21(2,22)18(31)25-20(29)32/h5-8,11,14-16,19H,9-10H2,1-4H3,(H,27,33)(H,25,31,32)/t11-,14-,15+,16+,19?,21?,39?/m0/s1. The maximum absolute atomic E-state index is 13.6. The van der Waals surface area contributed by atoms with E-state index in [-0.39, 0.29) is 12.2 Å². The maximum atomic E-state index is 13.6. The highest BCUT2D eigenvalue weighted by atomic mass is 79.9. The number of alkyl halides is 1. The molecule has 0 spiro atoms. The lowest BCUT2D eigenvalue weighted by atomic mass is 10.0. The van der Waals surface area contributed by atoms with E-state index >= 15 is 0 Å². The Bertz CT molecular complexity index is 1180. The molecule has 2 fully saturated rings. The summed E-state index contributed by atoms with van der Waals surface area (Å²) in [6, 6.07) is 1.72. The SMILES string of the molecule is COC(=O)[C@H](C)NP(=O)(OC[C@H]1O[C@@H](N2C(=O)NC(=O)C(C)(Br)C2OC)C[C@@H]1N=[N+]=[N-])Oc1ccc(F)cc1. The minimum Gasteiger partial charge on any atom is -0.468 e. The summed E-state index contributed by atoms with van der Waals surface area (Å²) in [5.74, 6) is -1.98. The molecular weight excluding hydrogens is 610 g/mol. The summed E-state index contributed by atoms with van der Waals surface area (Å²) in [6.45, 7) is 2.38. The van der Waals surface area contributed by atoms with Crippen molar-refractivity contribution in [2.75, 3.05) is 20.8 Å². The van der Waals surface area contributed by atoms with Gasteiger partial charge in [0.25, 0.3) is 0 Å². The summed E-state index contributed by atoms with van der Waals surface area (Å²) in [6.07, 6.45) is -3.19. The maximum Gasteiger partial charge on any atom is 0.459 e. The number of hydrogen-bond acceptors (Lipinski definition) is 10. The van der Waals surface area contributed by atoms with Crippen LogP contribution in [0.4, 0.5) is 9.18 Å². The summed E-state index contributed by atoms with van der Waals surface area (Å²) in [5, 5.41) is 8.35. The van der Waals surface area contributed by atoms with Gasteiger partial charge in [-0.2, -0.15) is 5.09 Å². The van der Waals surface area contributed by atoms with E-state index < -0.39 is 73.0 Å². The summed E-state index contributed by atoms with van der Waals surface area (Å²) < 4.78 is 52.7. The quantitative estimate of drug-likeness (QED) is 0.0911. The number of amides is 3. The van der Waals surface area contributed by atoms with Crippen LogP contribution in [0.5, 0.6) is 5.75 Å². The second kappa shape index (κ2) is 12.6. The molecule has 0 aliphatic carbocycles. The number of carbonyl (C=O) groups is 3. The normalized spacial score (nSPS) is 29.1. The Morgan fingerprint density at radius 1 is 1.41 bits per heavy atom. The van der Waals surface area contributed by atoms with Crippen LogP contribution in [0.25, 0.3) is 10.4 Å². The van der Waals surface area contributed by atoms with E-state index in [1.54, 1.807) is 0 Å². The van der Waals surface area contributed by atoms with Crippen LogP contribution in [-0.2, 0) is 32.9 Å². The van der Waals surface area contributed by atoms with Crippen molar-refractivity contribution >= 4 is 41.6 Å². The number of carbonyl (C=O) groups excluding carboxylic acids is 3. The largest absolute Gasteiger partial charge is 0.468 e. The molecule has 3 amide bonds. The molecule has 2 aliphatic rings. The van der Waals surface area contributed by atoms with E-state index in [0.29, 0.717) is 0 Å². The number of azide groups is 1. The predicted molar refractivity (Wildman–Crippen MR) is 135 cm³/mol. The summed E-state index contributed by atoms with van der Waals surface area (Å²) in [4.78, 5) is 40.9. The van der Waals surface area contributed by atoms with Crippen molar-refractivity contribution in [3.8, 4) is 5.75 Å². The Morgan fingerprint density at radius 2 is 2.08 bits per heavy atom. The molecule has 2 aliphatic heterocycles. The Labute approximate surface area is 230 Å². The number of nitrogens with zero attached hydrogens (tertiary/aromatic N) is 4. The molecule has 2 heterocycles. The molecule has 2 saturated heterocycles. The van der Waals surface area contributed by atoms with Crippen molar-refractivity contribution in [1.29, 1.82) is 0 Å². The average molecular weight is 637 g/mol. The third-order valence-corrected chi connectivity index (χ3v) is 8.30. The molecule has 0 saturated carbocycles. The van der Waals surface area contributed by atoms with Crippen LogP contribution >= 0.6 is 23.7 Å². The highest BCUT2D eigenvalue weighted by Gasteiger charge is 2.54. The zero-order valence-electron chi connectivity index (χ0n) is 21.3. The van der Waals surface area contributed by atoms with E-state index in [9.17, 15) is 23.3 Å². The Kier molecular flexibility index (Phi) is 9.93. The molecule has 1 aromatic carbocycles. The fraction of sp³-hybridized carbons (Fsp3) is 0.571. The molecule has 18 heteroatoms. The van der Waals surface area contributed by atoms with Gasteiger partial charge in [-0.1, -0.05) is 21.0 Å². The van der Waals surface area contributed by atoms with Gasteiger partial charge in [0.15, 0.2) is 6.23 Å². The van der Waals surface area contributed by atoms with Gasteiger partial charge in [-0.25, -0.2) is 13.8 Å². The third kappa shape index (κ3) is 7.06. The van der Waals surface area contributed by atoms with Crippen LogP contribution in [0.15, 0.2) is 29.4 Å². The number of benzene rings is 1. The van der Waals surface area contributed by atoms with Gasteiger partial charge in [-0.15, -0.1) is 0 Å². The number of esters is 1. The first-order chi connectivity index (χ1) is 18.3. The lowest BCUT2D eigenvalue weighted by molar-refractivity contribution is -0.152. The molecular formula is C21H27BrFN6O9P. The molecule has 15 nitrogen and oxygen atoms in total. The van der Waals surface area contributed by atoms with Crippen LogP contribution in [-0.4, -0.2) is 78.6 Å². The highest BCUT2D eigenvalue weighted by molar-refractivity contribution is 9.10. The molecule has 214 valence electrons.